The highest BCUT2D eigenvalue weighted by molar-refractivity contribution is 6.18. The summed E-state index contributed by atoms with van der Waals surface area (Å²) in [6.07, 6.45) is 1.76. The van der Waals surface area contributed by atoms with Crippen LogP contribution in [-0.4, -0.2) is 46.9 Å². The molecule has 3 unspecified atom stereocenters. The topological polar surface area (TPSA) is 107 Å². The fraction of sp³-hybridized carbons (Fsp3) is 0.467. The zero-order valence-electron chi connectivity index (χ0n) is 20.5. The van der Waals surface area contributed by atoms with E-state index in [1.165, 1.54) is 0 Å². The van der Waals surface area contributed by atoms with Gasteiger partial charge < -0.3 is 14.6 Å². The van der Waals surface area contributed by atoms with Crippen LogP contribution in [0.3, 0.4) is 0 Å². The van der Waals surface area contributed by atoms with E-state index in [2.05, 4.69) is 32.4 Å². The van der Waals surface area contributed by atoms with Crippen molar-refractivity contribution in [1.82, 2.24) is 0 Å². The summed E-state index contributed by atoms with van der Waals surface area (Å²) in [5.41, 5.74) is 2.51. The number of carbonyl (C=O) groups is 4. The van der Waals surface area contributed by atoms with Crippen molar-refractivity contribution >= 4 is 23.5 Å². The Kier molecular flexibility index (Phi) is 4.42. The molecular formula is C30H28O7. The van der Waals surface area contributed by atoms with Crippen LogP contribution in [0.25, 0.3) is 0 Å². The molecule has 7 aliphatic rings. The van der Waals surface area contributed by atoms with Gasteiger partial charge in [0.1, 0.15) is 18.0 Å². The Hall–Kier alpha value is -3.32. The van der Waals surface area contributed by atoms with Gasteiger partial charge in [0.15, 0.2) is 5.78 Å². The lowest BCUT2D eigenvalue weighted by atomic mass is 9.59. The van der Waals surface area contributed by atoms with E-state index in [9.17, 15) is 24.3 Å². The normalized spacial score (nSPS) is 44.3. The van der Waals surface area contributed by atoms with Crippen LogP contribution in [0.4, 0.5) is 0 Å². The van der Waals surface area contributed by atoms with Gasteiger partial charge in [-0.25, -0.2) is 9.59 Å². The molecule has 190 valence electrons. The summed E-state index contributed by atoms with van der Waals surface area (Å²) in [5.74, 6) is -3.60. The predicted molar refractivity (Wildman–Crippen MR) is 130 cm³/mol. The molecule has 2 saturated carbocycles. The van der Waals surface area contributed by atoms with Gasteiger partial charge in [0.2, 0.25) is 0 Å². The van der Waals surface area contributed by atoms with Crippen LogP contribution in [0, 0.1) is 35.0 Å². The lowest BCUT2D eigenvalue weighted by molar-refractivity contribution is -0.145. The number of hydrogen-bond donors (Lipinski definition) is 1. The first-order chi connectivity index (χ1) is 17.6. The maximum absolute atomic E-state index is 14.1. The molecular weight excluding hydrogens is 472 g/mol. The van der Waals surface area contributed by atoms with Crippen LogP contribution >= 0.6 is 0 Å². The summed E-state index contributed by atoms with van der Waals surface area (Å²) in [6.45, 7) is 16.2. The maximum atomic E-state index is 14.1. The molecule has 0 aromatic carbocycles. The Balaban J connectivity index is 1.46. The van der Waals surface area contributed by atoms with Crippen molar-refractivity contribution in [3.63, 3.8) is 0 Å². The van der Waals surface area contributed by atoms with Crippen molar-refractivity contribution in [1.29, 1.82) is 0 Å². The van der Waals surface area contributed by atoms with Crippen LogP contribution < -0.4 is 0 Å². The summed E-state index contributed by atoms with van der Waals surface area (Å²) < 4.78 is 11.6. The Bertz CT molecular complexity index is 1370. The van der Waals surface area contributed by atoms with Crippen molar-refractivity contribution in [2.24, 2.45) is 35.0 Å². The minimum atomic E-state index is -1.20. The highest BCUT2D eigenvalue weighted by Crippen LogP contribution is 2.66. The number of ketones is 2. The van der Waals surface area contributed by atoms with E-state index in [0.29, 0.717) is 41.6 Å². The minimum Gasteiger partial charge on any atom is -0.458 e. The zero-order chi connectivity index (χ0) is 26.1. The molecule has 1 N–H and O–H groups in total. The number of fused-ring (bicyclic) bond motifs is 7. The predicted octanol–water partition coefficient (Wildman–Crippen LogP) is 2.87. The molecule has 7 nitrogen and oxygen atoms in total. The second kappa shape index (κ2) is 7.16. The van der Waals surface area contributed by atoms with Gasteiger partial charge in [-0.05, 0) is 48.3 Å². The van der Waals surface area contributed by atoms with Gasteiger partial charge in [-0.1, -0.05) is 32.4 Å². The Morgan fingerprint density at radius 3 is 2.30 bits per heavy atom. The monoisotopic (exact) mass is 500 g/mol. The largest absolute Gasteiger partial charge is 0.458 e. The molecule has 9 atom stereocenters. The van der Waals surface area contributed by atoms with E-state index in [1.807, 2.05) is 0 Å². The first-order valence-electron chi connectivity index (χ1n) is 12.9. The average molecular weight is 501 g/mol. The Labute approximate surface area is 214 Å². The van der Waals surface area contributed by atoms with E-state index in [-0.39, 0.29) is 35.9 Å². The third kappa shape index (κ3) is 2.56. The van der Waals surface area contributed by atoms with Gasteiger partial charge in [-0.3, -0.25) is 9.59 Å². The molecule has 0 amide bonds. The van der Waals surface area contributed by atoms with Crippen molar-refractivity contribution in [3.8, 4) is 0 Å². The molecule has 0 aromatic heterocycles. The number of aliphatic hydroxyl groups is 1. The summed E-state index contributed by atoms with van der Waals surface area (Å²) in [5, 5.41) is 11.0. The standard InChI is InChI=1S/C30H28O7/c1-11-17-10-20(32)30(23(17)27-18(9-19(11)31)13(3)29(35)37-27)8-7-15-5-6-16-12(2)28(34)36-26(16)21-14(4)25(33)24(30)22(15)21/h5,16-19,21,23,26-27,31H,1-4,6-10H2/t16-,17-,18-,19-,21-,23-,26?,27?,30?/m0/s1. The number of esters is 2. The highest BCUT2D eigenvalue weighted by atomic mass is 16.6. The lowest BCUT2D eigenvalue weighted by Gasteiger charge is -2.43. The molecule has 37 heavy (non-hydrogen) atoms. The minimum absolute atomic E-state index is 0.0953. The first-order valence-corrected chi connectivity index (χ1v) is 12.9. The number of hydrogen-bond acceptors (Lipinski definition) is 7. The summed E-state index contributed by atoms with van der Waals surface area (Å²) in [4.78, 5) is 53.3. The van der Waals surface area contributed by atoms with Gasteiger partial charge in [0.25, 0.3) is 0 Å². The Morgan fingerprint density at radius 2 is 1.57 bits per heavy atom. The molecule has 0 bridgehead atoms. The third-order valence-electron chi connectivity index (χ3n) is 10.3. The molecule has 5 aliphatic carbocycles. The van der Waals surface area contributed by atoms with Crippen molar-refractivity contribution in [3.05, 3.63) is 71.4 Å². The van der Waals surface area contributed by atoms with Gasteiger partial charge in [-0.2, -0.15) is 0 Å². The van der Waals surface area contributed by atoms with Crippen LogP contribution in [0.15, 0.2) is 71.4 Å². The molecule has 4 fully saturated rings. The molecule has 7 rings (SSSR count). The maximum Gasteiger partial charge on any atom is 0.334 e. The average Bonchev–Trinajstić information content (AvgIpc) is 3.43. The van der Waals surface area contributed by atoms with Crippen LogP contribution in [0.5, 0.6) is 0 Å². The van der Waals surface area contributed by atoms with E-state index >= 15 is 0 Å². The number of Topliss-reactive ketones (excluding diaryl/α,β-unsaturated/α-hetero) is 2. The fourth-order valence-corrected chi connectivity index (χ4v) is 8.59. The van der Waals surface area contributed by atoms with Crippen LogP contribution in [0.1, 0.15) is 32.1 Å². The molecule has 0 aromatic rings. The number of allylic oxidation sites excluding steroid dienone is 3. The molecule has 2 saturated heterocycles. The number of aliphatic hydroxyl groups excluding tert-OH is 1. The first kappa shape index (κ1) is 22.8. The number of rotatable bonds is 0. The van der Waals surface area contributed by atoms with Gasteiger partial charge in [0.05, 0.1) is 17.4 Å². The summed E-state index contributed by atoms with van der Waals surface area (Å²) in [6, 6.07) is 0. The summed E-state index contributed by atoms with van der Waals surface area (Å²) >= 11 is 0. The van der Waals surface area contributed by atoms with E-state index < -0.39 is 59.3 Å². The van der Waals surface area contributed by atoms with E-state index in [0.717, 1.165) is 11.1 Å². The third-order valence-corrected chi connectivity index (χ3v) is 10.3. The van der Waals surface area contributed by atoms with Crippen molar-refractivity contribution in [2.45, 2.75) is 50.4 Å². The van der Waals surface area contributed by atoms with Crippen molar-refractivity contribution in [2.75, 3.05) is 0 Å². The van der Waals surface area contributed by atoms with Crippen LogP contribution in [-0.2, 0) is 28.7 Å². The van der Waals surface area contributed by atoms with Gasteiger partial charge >= 0.3 is 11.9 Å². The fourth-order valence-electron chi connectivity index (χ4n) is 8.59. The van der Waals surface area contributed by atoms with E-state index in [1.54, 1.807) is 0 Å². The van der Waals surface area contributed by atoms with E-state index in [4.69, 9.17) is 9.47 Å². The van der Waals surface area contributed by atoms with Crippen molar-refractivity contribution < 1.29 is 33.8 Å². The SMILES string of the molecule is C=C1C(=O)C2=C3C(=CC[C@H]4C(=C)C(=O)OC4[C@@H]13)CCC21C(=O)C[C@H]2C(=C)[C@@H](O)C[C@H]3C(=C)C(=O)OC3[C@H]21. The quantitative estimate of drug-likeness (QED) is 0.310. The number of ether oxygens (including phenoxy) is 2. The van der Waals surface area contributed by atoms with Gasteiger partial charge in [-0.15, -0.1) is 0 Å². The second-order valence-electron chi connectivity index (χ2n) is 11.6. The number of carbonyl (C=O) groups excluding carboxylic acids is 4. The zero-order valence-corrected chi connectivity index (χ0v) is 20.5. The smallest absolute Gasteiger partial charge is 0.334 e. The molecule has 7 heteroatoms. The molecule has 2 heterocycles. The van der Waals surface area contributed by atoms with Crippen LogP contribution in [0.2, 0.25) is 0 Å². The summed E-state index contributed by atoms with van der Waals surface area (Å²) in [7, 11) is 0. The second-order valence-corrected chi connectivity index (χ2v) is 11.6. The van der Waals surface area contributed by atoms with Gasteiger partial charge in [0, 0.05) is 46.5 Å². The Morgan fingerprint density at radius 1 is 0.892 bits per heavy atom. The molecule has 1 spiro atoms. The lowest BCUT2D eigenvalue weighted by Crippen LogP contribution is -2.46. The molecule has 2 aliphatic heterocycles. The highest BCUT2D eigenvalue weighted by Gasteiger charge is 2.69. The molecule has 0 radical (unpaired) electrons.